The fourth-order valence-electron chi connectivity index (χ4n) is 5.86. The SMILES string of the molecule is CC(C)(C)c1ccc(C(=O)N2CC3C(C2)C3CN(C(=O)Oc2ccco2)c2ccc(N3CCOCC3)nc2)cc1. The van der Waals surface area contributed by atoms with Gasteiger partial charge in [0.2, 0.25) is 0 Å². The Morgan fingerprint density at radius 2 is 1.75 bits per heavy atom. The molecule has 2 unspecified atom stereocenters. The molecule has 1 aromatic carbocycles. The number of pyridine rings is 1. The molecule has 1 saturated carbocycles. The van der Waals surface area contributed by atoms with Crippen LogP contribution in [-0.2, 0) is 10.2 Å². The van der Waals surface area contributed by atoms with Crippen LogP contribution in [0.3, 0.4) is 0 Å². The number of nitrogens with zero attached hydrogens (tertiary/aromatic N) is 4. The Balaban J connectivity index is 1.12. The molecular formula is C31H36N4O5. The number of amides is 2. The van der Waals surface area contributed by atoms with Gasteiger partial charge in [-0.1, -0.05) is 32.9 Å². The third-order valence-electron chi connectivity index (χ3n) is 8.33. The summed E-state index contributed by atoms with van der Waals surface area (Å²) in [4.78, 5) is 36.8. The van der Waals surface area contributed by atoms with Crippen molar-refractivity contribution in [1.29, 1.82) is 0 Å². The molecule has 210 valence electrons. The minimum atomic E-state index is -0.507. The molecule has 3 aromatic rings. The van der Waals surface area contributed by atoms with Crippen molar-refractivity contribution in [3.63, 3.8) is 0 Å². The van der Waals surface area contributed by atoms with Crippen molar-refractivity contribution in [3.05, 3.63) is 72.1 Å². The molecule has 0 radical (unpaired) electrons. The van der Waals surface area contributed by atoms with E-state index in [0.717, 1.165) is 24.5 Å². The van der Waals surface area contributed by atoms with Gasteiger partial charge < -0.3 is 23.7 Å². The summed E-state index contributed by atoms with van der Waals surface area (Å²) in [5, 5.41) is 0. The molecular weight excluding hydrogens is 508 g/mol. The van der Waals surface area contributed by atoms with E-state index < -0.39 is 6.09 Å². The van der Waals surface area contributed by atoms with E-state index >= 15 is 0 Å². The summed E-state index contributed by atoms with van der Waals surface area (Å²) >= 11 is 0. The van der Waals surface area contributed by atoms with Crippen molar-refractivity contribution >= 4 is 23.5 Å². The van der Waals surface area contributed by atoms with Gasteiger partial charge in [0.1, 0.15) is 5.82 Å². The van der Waals surface area contributed by atoms with Crippen LogP contribution >= 0.6 is 0 Å². The molecule has 2 aliphatic heterocycles. The Morgan fingerprint density at radius 3 is 2.35 bits per heavy atom. The topological polar surface area (TPSA) is 88.4 Å². The first-order valence-electron chi connectivity index (χ1n) is 14.0. The number of morpholine rings is 1. The average Bonchev–Trinajstić information content (AvgIpc) is 3.32. The predicted molar refractivity (Wildman–Crippen MR) is 151 cm³/mol. The van der Waals surface area contributed by atoms with Crippen LogP contribution in [0.1, 0.15) is 36.7 Å². The normalized spacial score (nSPS) is 22.1. The average molecular weight is 545 g/mol. The van der Waals surface area contributed by atoms with E-state index in [1.165, 1.54) is 11.8 Å². The molecule has 1 aliphatic carbocycles. The second-order valence-corrected chi connectivity index (χ2v) is 11.9. The van der Waals surface area contributed by atoms with Gasteiger partial charge in [0.25, 0.3) is 11.9 Å². The molecule has 0 spiro atoms. The van der Waals surface area contributed by atoms with E-state index in [1.54, 1.807) is 23.2 Å². The fourth-order valence-corrected chi connectivity index (χ4v) is 5.86. The first-order valence-corrected chi connectivity index (χ1v) is 14.0. The second kappa shape index (κ2) is 10.6. The van der Waals surface area contributed by atoms with Crippen LogP contribution < -0.4 is 14.5 Å². The molecule has 2 saturated heterocycles. The fraction of sp³-hybridized carbons (Fsp3) is 0.452. The first kappa shape index (κ1) is 26.4. The molecule has 9 nitrogen and oxygen atoms in total. The zero-order valence-electron chi connectivity index (χ0n) is 23.3. The van der Waals surface area contributed by atoms with Crippen LogP contribution in [0.15, 0.2) is 65.4 Å². The number of anilines is 2. The standard InChI is InChI=1S/C31H36N4O5/c1-31(2,3)22-8-6-21(7-9-22)29(36)34-18-24-25(19-34)26(24)20-35(30(37)40-28-5-4-14-39-28)23-10-11-27(32-17-23)33-12-15-38-16-13-33/h4-11,14,17,24-26H,12-13,15-16,18-20H2,1-3H3. The monoisotopic (exact) mass is 544 g/mol. The molecule has 2 aromatic heterocycles. The highest BCUT2D eigenvalue weighted by Gasteiger charge is 2.57. The van der Waals surface area contributed by atoms with Crippen molar-refractivity contribution in [2.24, 2.45) is 17.8 Å². The Morgan fingerprint density at radius 1 is 1.02 bits per heavy atom. The summed E-state index contributed by atoms with van der Waals surface area (Å²) in [7, 11) is 0. The number of carbonyl (C=O) groups excluding carboxylic acids is 2. The highest BCUT2D eigenvalue weighted by atomic mass is 16.6. The van der Waals surface area contributed by atoms with Crippen LogP contribution in [0.4, 0.5) is 16.3 Å². The van der Waals surface area contributed by atoms with Crippen LogP contribution in [0.25, 0.3) is 0 Å². The van der Waals surface area contributed by atoms with Gasteiger partial charge in [-0.05, 0) is 59.1 Å². The van der Waals surface area contributed by atoms with Crippen molar-refractivity contribution in [2.75, 3.05) is 55.7 Å². The Kier molecular flexibility index (Phi) is 7.00. The number of fused-ring (bicyclic) bond motifs is 1. The molecule has 40 heavy (non-hydrogen) atoms. The van der Waals surface area contributed by atoms with Gasteiger partial charge >= 0.3 is 6.09 Å². The molecule has 0 N–H and O–H groups in total. The van der Waals surface area contributed by atoms with Crippen LogP contribution in [0, 0.1) is 17.8 Å². The lowest BCUT2D eigenvalue weighted by atomic mass is 9.86. The first-order chi connectivity index (χ1) is 19.3. The smallest absolute Gasteiger partial charge is 0.422 e. The van der Waals surface area contributed by atoms with Gasteiger partial charge in [0, 0.05) is 44.4 Å². The van der Waals surface area contributed by atoms with Crippen LogP contribution in [-0.4, -0.2) is 67.8 Å². The maximum Gasteiger partial charge on any atom is 0.422 e. The third-order valence-corrected chi connectivity index (χ3v) is 8.33. The zero-order chi connectivity index (χ0) is 27.9. The van der Waals surface area contributed by atoms with Gasteiger partial charge in [0.05, 0.1) is 31.4 Å². The minimum Gasteiger partial charge on any atom is -0.434 e. The number of likely N-dealkylation sites (tertiary alicyclic amines) is 1. The zero-order valence-corrected chi connectivity index (χ0v) is 23.3. The lowest BCUT2D eigenvalue weighted by Gasteiger charge is -2.28. The van der Waals surface area contributed by atoms with E-state index in [-0.39, 0.29) is 23.2 Å². The van der Waals surface area contributed by atoms with E-state index in [9.17, 15) is 9.59 Å². The highest BCUT2D eigenvalue weighted by Crippen LogP contribution is 2.52. The second-order valence-electron chi connectivity index (χ2n) is 11.9. The quantitative estimate of drug-likeness (QED) is 0.439. The molecule has 2 amide bonds. The number of carbonyl (C=O) groups is 2. The molecule has 3 aliphatic rings. The van der Waals surface area contributed by atoms with Gasteiger partial charge in [-0.2, -0.15) is 0 Å². The van der Waals surface area contributed by atoms with Gasteiger partial charge in [0.15, 0.2) is 0 Å². The van der Waals surface area contributed by atoms with Crippen molar-refractivity contribution < 1.29 is 23.5 Å². The Hall–Kier alpha value is -3.85. The van der Waals surface area contributed by atoms with Crippen LogP contribution in [0.2, 0.25) is 0 Å². The third kappa shape index (κ3) is 5.43. The lowest BCUT2D eigenvalue weighted by Crippen LogP contribution is -2.39. The maximum absolute atomic E-state index is 13.3. The summed E-state index contributed by atoms with van der Waals surface area (Å²) in [6.45, 7) is 11.3. The minimum absolute atomic E-state index is 0.0480. The summed E-state index contributed by atoms with van der Waals surface area (Å²) in [6.07, 6.45) is 2.69. The number of furan rings is 1. The lowest BCUT2D eigenvalue weighted by molar-refractivity contribution is 0.0768. The molecule has 4 heterocycles. The summed E-state index contributed by atoms with van der Waals surface area (Å²) < 4.78 is 16.2. The van der Waals surface area contributed by atoms with Crippen molar-refractivity contribution in [3.8, 4) is 5.95 Å². The van der Waals surface area contributed by atoms with E-state index in [0.29, 0.717) is 50.4 Å². The van der Waals surface area contributed by atoms with Gasteiger partial charge in [-0.25, -0.2) is 9.78 Å². The highest BCUT2D eigenvalue weighted by molar-refractivity contribution is 5.94. The van der Waals surface area contributed by atoms with Crippen molar-refractivity contribution in [1.82, 2.24) is 9.88 Å². The molecule has 6 rings (SSSR count). The van der Waals surface area contributed by atoms with E-state index in [2.05, 4.69) is 30.7 Å². The molecule has 3 fully saturated rings. The Bertz CT molecular complexity index is 1320. The number of ether oxygens (including phenoxy) is 2. The van der Waals surface area contributed by atoms with E-state index in [4.69, 9.17) is 13.9 Å². The number of benzene rings is 1. The van der Waals surface area contributed by atoms with Crippen LogP contribution in [0.5, 0.6) is 5.95 Å². The molecule has 2 atom stereocenters. The number of rotatable bonds is 6. The number of hydrogen-bond donors (Lipinski definition) is 0. The van der Waals surface area contributed by atoms with Gasteiger partial charge in [-0.15, -0.1) is 0 Å². The maximum atomic E-state index is 13.3. The molecule has 9 heteroatoms. The van der Waals surface area contributed by atoms with E-state index in [1.807, 2.05) is 41.3 Å². The summed E-state index contributed by atoms with van der Waals surface area (Å²) in [6, 6.07) is 15.1. The van der Waals surface area contributed by atoms with Gasteiger partial charge in [-0.3, -0.25) is 9.69 Å². The van der Waals surface area contributed by atoms with Crippen molar-refractivity contribution in [2.45, 2.75) is 26.2 Å². The largest absolute Gasteiger partial charge is 0.434 e. The summed E-state index contributed by atoms with van der Waals surface area (Å²) in [5.74, 6) is 2.09. The molecule has 0 bridgehead atoms. The Labute approximate surface area is 234 Å². The number of aromatic nitrogens is 1. The number of hydrogen-bond acceptors (Lipinski definition) is 7. The predicted octanol–water partition coefficient (Wildman–Crippen LogP) is 4.83. The summed E-state index contributed by atoms with van der Waals surface area (Å²) in [5.41, 5.74) is 2.65. The number of piperidine rings is 1.